The summed E-state index contributed by atoms with van der Waals surface area (Å²) in [6.45, 7) is 0.470. The first kappa shape index (κ1) is 70.3. The summed E-state index contributed by atoms with van der Waals surface area (Å²) < 4.78 is 21.6. The van der Waals surface area contributed by atoms with Gasteiger partial charge in [-0.25, -0.2) is 4.98 Å². The Labute approximate surface area is 511 Å². The van der Waals surface area contributed by atoms with Crippen LogP contribution in [0.4, 0.5) is 22.9 Å². The molecule has 0 fully saturated rings. The fourth-order valence-electron chi connectivity index (χ4n) is 8.32. The normalized spacial score (nSPS) is 11.9. The van der Waals surface area contributed by atoms with Gasteiger partial charge in [0, 0.05) is 43.2 Å². The Morgan fingerprint density at radius 3 is 1.11 bits per heavy atom. The van der Waals surface area contributed by atoms with Crippen molar-refractivity contribution >= 4 is 94.0 Å². The van der Waals surface area contributed by atoms with E-state index >= 15 is 0 Å². The summed E-state index contributed by atoms with van der Waals surface area (Å²) >= 11 is 0. The molecule has 8 amide bonds. The van der Waals surface area contributed by atoms with Gasteiger partial charge < -0.3 is 114 Å². The predicted octanol–water partition coefficient (Wildman–Crippen LogP) is -2.09. The fourth-order valence-corrected chi connectivity index (χ4v) is 8.32. The molecule has 34 nitrogen and oxygen atoms in total. The molecule has 0 saturated heterocycles. The second-order valence-electron chi connectivity index (χ2n) is 19.3. The quantitative estimate of drug-likeness (QED) is 0.0133. The Balaban J connectivity index is 1.60. The highest BCUT2D eigenvalue weighted by molar-refractivity contribution is 6.07. The maximum Gasteiger partial charge on any atom is 0.274 e. The summed E-state index contributed by atoms with van der Waals surface area (Å²) in [5, 5.41) is 18.7. The second kappa shape index (κ2) is 35.3. The van der Waals surface area contributed by atoms with Gasteiger partial charge in [0.1, 0.15) is 46.9 Å². The number of carbonyl (C=O) groups excluding carboxylic acids is 8. The van der Waals surface area contributed by atoms with E-state index < -0.39 is 77.1 Å². The van der Waals surface area contributed by atoms with Gasteiger partial charge in [-0.15, -0.1) is 0 Å². The summed E-state index contributed by atoms with van der Waals surface area (Å²) in [5.41, 5.74) is 55.3. The van der Waals surface area contributed by atoms with Crippen molar-refractivity contribution in [3.8, 4) is 23.0 Å². The molecule has 0 aliphatic rings. The molecule has 4 aromatic rings. The van der Waals surface area contributed by atoms with Crippen molar-refractivity contribution in [2.24, 2.45) is 77.3 Å². The standard InChI is InChI=1S/C55H78N22O12/c1-86-38-16-13-28(25-31(38)44(57)78)71-48(82)35(10-6-22-67-53(60)61)73-45(79)33-27-30(15-18-40(33)88-3)72-49(83)36(11-7-23-68-54(62)63)75-51(85)43-41(89-4)19-20-42(76-43)77-50(84)37(12-8-24-69-55(64)65)74-46(80)32-26-29(14-17-39(32)87-2)70-47(81)34(56)9-5-21-66-52(58)59/h13-20,25-27,34-37H,5-12,21-24,56H2,1-4H3,(H2,57,78)(H,70,81)(H,71,82)(H,72,83)(H,73,79)(H,74,80)(H,75,85)(H4,58,59,66)(H4,60,61,67)(H4,62,63,68)(H4,64,65,69)(H,76,77,84)/t34-,35-,36-,37-/m1/s1. The molecule has 89 heavy (non-hydrogen) atoms. The van der Waals surface area contributed by atoms with E-state index in [-0.39, 0.29) is 158 Å². The van der Waals surface area contributed by atoms with Crippen LogP contribution >= 0.6 is 0 Å². The number of nitrogens with zero attached hydrogens (tertiary/aromatic N) is 5. The third-order valence-electron chi connectivity index (χ3n) is 12.7. The first-order valence-corrected chi connectivity index (χ1v) is 27.4. The number of nitrogens with one attached hydrogen (secondary N) is 7. The molecule has 0 unspecified atom stereocenters. The van der Waals surface area contributed by atoms with Gasteiger partial charge in [0.2, 0.25) is 23.6 Å². The number of hydrogen-bond acceptors (Lipinski definition) is 18. The van der Waals surface area contributed by atoms with Gasteiger partial charge in [-0.3, -0.25) is 58.3 Å². The number of anilines is 4. The van der Waals surface area contributed by atoms with Gasteiger partial charge in [0.15, 0.2) is 29.5 Å². The van der Waals surface area contributed by atoms with Crippen molar-refractivity contribution in [3.63, 3.8) is 0 Å². The number of aliphatic imine (C=N–C) groups is 4. The first-order chi connectivity index (χ1) is 42.4. The first-order valence-electron chi connectivity index (χ1n) is 27.4. The van der Waals surface area contributed by atoms with Crippen molar-refractivity contribution in [3.05, 3.63) is 89.1 Å². The van der Waals surface area contributed by atoms with E-state index in [1.165, 1.54) is 95.2 Å². The fraction of sp³-hybridized carbons (Fsp3) is 0.364. The van der Waals surface area contributed by atoms with Crippen molar-refractivity contribution in [1.29, 1.82) is 0 Å². The van der Waals surface area contributed by atoms with Gasteiger partial charge in [-0.1, -0.05) is 0 Å². The maximum absolute atomic E-state index is 14.3. The van der Waals surface area contributed by atoms with Crippen LogP contribution in [0.1, 0.15) is 92.9 Å². The van der Waals surface area contributed by atoms with Crippen LogP contribution in [0.15, 0.2) is 86.7 Å². The zero-order valence-electron chi connectivity index (χ0n) is 49.6. The lowest BCUT2D eigenvalue weighted by Crippen LogP contribution is -2.45. The number of pyridine rings is 1. The van der Waals surface area contributed by atoms with Gasteiger partial charge >= 0.3 is 0 Å². The summed E-state index contributed by atoms with van der Waals surface area (Å²) in [4.78, 5) is 130. The molecule has 0 radical (unpaired) electrons. The van der Waals surface area contributed by atoms with Crippen molar-refractivity contribution in [2.45, 2.75) is 75.5 Å². The van der Waals surface area contributed by atoms with E-state index in [1.807, 2.05) is 0 Å². The molecule has 0 bridgehead atoms. The average Bonchev–Trinajstić information content (AvgIpc) is 2.33. The lowest BCUT2D eigenvalue weighted by Gasteiger charge is -2.21. The lowest BCUT2D eigenvalue weighted by molar-refractivity contribution is -0.118. The van der Waals surface area contributed by atoms with Crippen LogP contribution in [0.5, 0.6) is 23.0 Å². The molecule has 1 heterocycles. The van der Waals surface area contributed by atoms with Crippen LogP contribution in [-0.4, -0.2) is 155 Å². The maximum atomic E-state index is 14.3. The smallest absolute Gasteiger partial charge is 0.274 e. The molecule has 0 aliphatic heterocycles. The molecule has 4 rings (SSSR count). The Morgan fingerprint density at radius 1 is 0.416 bits per heavy atom. The number of benzene rings is 3. The highest BCUT2D eigenvalue weighted by Gasteiger charge is 2.29. The zero-order valence-corrected chi connectivity index (χ0v) is 49.6. The van der Waals surface area contributed by atoms with Crippen LogP contribution < -0.4 is 114 Å². The minimum atomic E-state index is -1.36. The number of carbonyl (C=O) groups is 8. The summed E-state index contributed by atoms with van der Waals surface area (Å²) in [6.07, 6.45) is 1.13. The lowest BCUT2D eigenvalue weighted by atomic mass is 10.1. The summed E-state index contributed by atoms with van der Waals surface area (Å²) in [7, 11) is 5.22. The van der Waals surface area contributed by atoms with E-state index in [4.69, 9.17) is 76.3 Å². The largest absolute Gasteiger partial charge is 0.496 e. The summed E-state index contributed by atoms with van der Waals surface area (Å²) in [5.74, 6) is -6.93. The van der Waals surface area contributed by atoms with Crippen molar-refractivity contribution in [1.82, 2.24) is 20.9 Å². The minimum absolute atomic E-state index is 0.0146. The van der Waals surface area contributed by atoms with E-state index in [2.05, 4.69) is 62.2 Å². The number of amides is 8. The monoisotopic (exact) mass is 1240 g/mol. The third-order valence-corrected chi connectivity index (χ3v) is 12.7. The molecule has 4 atom stereocenters. The molecular formula is C55H78N22O12. The SMILES string of the molecule is COc1ccc(NC(=O)[C@@H](CCCN=C(N)N)NC(=O)c2cc(NC(=O)[C@@H](CCCN=C(N)N)NC(=O)c3nc(NC(=O)[C@@H](CCCN=C(N)N)NC(=O)c4cc(NC(=O)[C@H](N)CCCN=C(N)N)ccc4OC)ccc3OC)ccc2OC)cc1C(N)=O. The topological polar surface area (TPSA) is 580 Å². The number of ether oxygens (including phenoxy) is 4. The number of rotatable bonds is 35. The third kappa shape index (κ3) is 23.0. The van der Waals surface area contributed by atoms with Crippen molar-refractivity contribution < 1.29 is 57.3 Å². The number of hydrogen-bond donors (Lipinski definition) is 17. The minimum Gasteiger partial charge on any atom is -0.496 e. The second-order valence-corrected chi connectivity index (χ2v) is 19.3. The Hall–Kier alpha value is -11.2. The van der Waals surface area contributed by atoms with E-state index in [9.17, 15) is 38.4 Å². The highest BCUT2D eigenvalue weighted by atomic mass is 16.5. The number of nitrogens with two attached hydrogens (primary N) is 10. The zero-order chi connectivity index (χ0) is 65.7. The van der Waals surface area contributed by atoms with Crippen LogP contribution in [0, 0.1) is 0 Å². The van der Waals surface area contributed by atoms with Crippen LogP contribution in [-0.2, 0) is 19.2 Å². The molecule has 27 N–H and O–H groups in total. The van der Waals surface area contributed by atoms with E-state index in [0.717, 1.165) is 0 Å². The Kier molecular flexibility index (Phi) is 27.9. The Bertz CT molecular complexity index is 3290. The van der Waals surface area contributed by atoms with Gasteiger partial charge in [0.25, 0.3) is 23.6 Å². The van der Waals surface area contributed by atoms with Crippen molar-refractivity contribution in [2.75, 3.05) is 75.9 Å². The molecule has 0 aliphatic carbocycles. The number of methoxy groups -OCH3 is 4. The molecular weight excluding hydrogens is 1160 g/mol. The number of primary amides is 1. The number of aromatic nitrogens is 1. The number of guanidine groups is 4. The predicted molar refractivity (Wildman–Crippen MR) is 334 cm³/mol. The average molecular weight is 1240 g/mol. The van der Waals surface area contributed by atoms with Gasteiger partial charge in [-0.05, 0) is 118 Å². The van der Waals surface area contributed by atoms with Gasteiger partial charge in [-0.2, -0.15) is 0 Å². The Morgan fingerprint density at radius 2 is 0.742 bits per heavy atom. The van der Waals surface area contributed by atoms with Crippen LogP contribution in [0.3, 0.4) is 0 Å². The molecule has 34 heteroatoms. The molecule has 0 saturated carbocycles. The van der Waals surface area contributed by atoms with Crippen LogP contribution in [0.25, 0.3) is 0 Å². The molecule has 3 aromatic carbocycles. The molecule has 1 aromatic heterocycles. The molecule has 0 spiro atoms. The van der Waals surface area contributed by atoms with Gasteiger partial charge in [0.05, 0.1) is 51.2 Å². The van der Waals surface area contributed by atoms with Crippen LogP contribution in [0.2, 0.25) is 0 Å². The molecule has 480 valence electrons. The van der Waals surface area contributed by atoms with E-state index in [0.29, 0.717) is 6.42 Å². The van der Waals surface area contributed by atoms with E-state index in [1.54, 1.807) is 0 Å². The summed E-state index contributed by atoms with van der Waals surface area (Å²) in [6, 6.07) is 10.4. The highest BCUT2D eigenvalue weighted by Crippen LogP contribution is 2.27.